The van der Waals surface area contributed by atoms with Gasteiger partial charge in [-0.25, -0.2) is 4.79 Å². The van der Waals surface area contributed by atoms with Crippen molar-refractivity contribution in [2.45, 2.75) is 52.0 Å². The summed E-state index contributed by atoms with van der Waals surface area (Å²) < 4.78 is 0. The minimum Gasteiger partial charge on any atom is -0.325 e. The summed E-state index contributed by atoms with van der Waals surface area (Å²) in [6, 6.07) is 4.77. The molecule has 1 aliphatic carbocycles. The Bertz CT molecular complexity index is 691. The highest BCUT2D eigenvalue weighted by Crippen LogP contribution is 2.32. The number of hydrogen-bond acceptors (Lipinski definition) is 3. The fourth-order valence-corrected chi connectivity index (χ4v) is 3.72. The molecule has 0 atom stereocenters. The van der Waals surface area contributed by atoms with Gasteiger partial charge >= 0.3 is 6.03 Å². The SMILES string of the molecule is CCN(CC)C(=O)Nc1ccc2c(c1)C(=O)N(C1CCCCC1)C2=O. The van der Waals surface area contributed by atoms with Gasteiger partial charge in [0.05, 0.1) is 11.1 Å². The smallest absolute Gasteiger partial charge is 0.321 e. The number of imide groups is 1. The molecule has 1 saturated carbocycles. The van der Waals surface area contributed by atoms with Gasteiger partial charge < -0.3 is 10.2 Å². The summed E-state index contributed by atoms with van der Waals surface area (Å²) in [5.41, 5.74) is 1.38. The van der Waals surface area contributed by atoms with Crippen LogP contribution in [-0.4, -0.2) is 46.8 Å². The molecular formula is C19H25N3O3. The number of fused-ring (bicyclic) bond motifs is 1. The van der Waals surface area contributed by atoms with Crippen molar-refractivity contribution in [3.63, 3.8) is 0 Å². The number of rotatable bonds is 4. The molecule has 1 heterocycles. The summed E-state index contributed by atoms with van der Waals surface area (Å²) in [6.45, 7) is 5.05. The van der Waals surface area contributed by atoms with E-state index in [0.717, 1.165) is 25.7 Å². The molecule has 1 aromatic carbocycles. The Hall–Kier alpha value is -2.37. The Labute approximate surface area is 148 Å². The number of hydrogen-bond donors (Lipinski definition) is 1. The van der Waals surface area contributed by atoms with E-state index in [1.165, 1.54) is 11.3 Å². The van der Waals surface area contributed by atoms with Crippen molar-refractivity contribution < 1.29 is 14.4 Å². The molecule has 0 unspecified atom stereocenters. The van der Waals surface area contributed by atoms with Crippen LogP contribution >= 0.6 is 0 Å². The fraction of sp³-hybridized carbons (Fsp3) is 0.526. The summed E-state index contributed by atoms with van der Waals surface area (Å²) in [6.07, 6.45) is 5.06. The monoisotopic (exact) mass is 343 g/mol. The quantitative estimate of drug-likeness (QED) is 0.851. The number of carbonyl (C=O) groups is 3. The van der Waals surface area contributed by atoms with Gasteiger partial charge in [0.25, 0.3) is 11.8 Å². The molecule has 0 spiro atoms. The zero-order chi connectivity index (χ0) is 18.0. The Morgan fingerprint density at radius 2 is 1.72 bits per heavy atom. The van der Waals surface area contributed by atoms with Gasteiger partial charge in [-0.1, -0.05) is 19.3 Å². The van der Waals surface area contributed by atoms with Crippen LogP contribution in [0, 0.1) is 0 Å². The second-order valence-electron chi connectivity index (χ2n) is 6.63. The largest absolute Gasteiger partial charge is 0.325 e. The van der Waals surface area contributed by atoms with Gasteiger partial charge in [-0.3, -0.25) is 14.5 Å². The van der Waals surface area contributed by atoms with Crippen molar-refractivity contribution in [3.8, 4) is 0 Å². The van der Waals surface area contributed by atoms with Crippen LogP contribution in [0.15, 0.2) is 18.2 Å². The first-order chi connectivity index (χ1) is 12.1. The van der Waals surface area contributed by atoms with E-state index in [1.54, 1.807) is 23.1 Å². The van der Waals surface area contributed by atoms with Crippen molar-refractivity contribution >= 4 is 23.5 Å². The number of carbonyl (C=O) groups excluding carboxylic acids is 3. The Morgan fingerprint density at radius 3 is 2.36 bits per heavy atom. The van der Waals surface area contributed by atoms with E-state index in [9.17, 15) is 14.4 Å². The first-order valence-electron chi connectivity index (χ1n) is 9.14. The number of amides is 4. The maximum absolute atomic E-state index is 12.8. The standard InChI is InChI=1S/C19H25N3O3/c1-3-21(4-2)19(25)20-13-10-11-15-16(12-13)18(24)22(17(15)23)14-8-6-5-7-9-14/h10-12,14H,3-9H2,1-2H3,(H,20,25). The number of benzene rings is 1. The Balaban J connectivity index is 1.80. The number of nitrogens with zero attached hydrogens (tertiary/aromatic N) is 2. The van der Waals surface area contributed by atoms with Gasteiger partial charge in [0.1, 0.15) is 0 Å². The highest BCUT2D eigenvalue weighted by atomic mass is 16.2. The minimum atomic E-state index is -0.231. The van der Waals surface area contributed by atoms with E-state index >= 15 is 0 Å². The van der Waals surface area contributed by atoms with Crippen molar-refractivity contribution in [1.82, 2.24) is 9.80 Å². The molecule has 1 fully saturated rings. The highest BCUT2D eigenvalue weighted by molar-refractivity contribution is 6.22. The lowest BCUT2D eigenvalue weighted by molar-refractivity contribution is 0.0549. The Kier molecular flexibility index (Phi) is 5.06. The average molecular weight is 343 g/mol. The third-order valence-electron chi connectivity index (χ3n) is 5.16. The van der Waals surface area contributed by atoms with Gasteiger partial charge in [0.2, 0.25) is 0 Å². The van der Waals surface area contributed by atoms with Gasteiger partial charge in [-0.05, 0) is 44.9 Å². The van der Waals surface area contributed by atoms with Crippen LogP contribution in [-0.2, 0) is 0 Å². The predicted molar refractivity (Wildman–Crippen MR) is 95.8 cm³/mol. The molecule has 3 rings (SSSR count). The van der Waals surface area contributed by atoms with Crippen molar-refractivity contribution in [2.24, 2.45) is 0 Å². The third kappa shape index (κ3) is 3.25. The van der Waals surface area contributed by atoms with E-state index in [4.69, 9.17) is 0 Å². The van der Waals surface area contributed by atoms with Crippen LogP contribution in [0.25, 0.3) is 0 Å². The van der Waals surface area contributed by atoms with E-state index < -0.39 is 0 Å². The Morgan fingerprint density at radius 1 is 1.08 bits per heavy atom. The zero-order valence-corrected chi connectivity index (χ0v) is 14.9. The van der Waals surface area contributed by atoms with Crippen LogP contribution in [0.2, 0.25) is 0 Å². The third-order valence-corrected chi connectivity index (χ3v) is 5.16. The summed E-state index contributed by atoms with van der Waals surface area (Å²) in [5.74, 6) is -0.431. The normalized spacial score (nSPS) is 17.6. The molecule has 1 aromatic rings. The molecule has 0 aromatic heterocycles. The van der Waals surface area contributed by atoms with Gasteiger partial charge in [0, 0.05) is 24.8 Å². The molecule has 25 heavy (non-hydrogen) atoms. The van der Waals surface area contributed by atoms with E-state index in [0.29, 0.717) is 29.9 Å². The number of nitrogens with one attached hydrogen (secondary N) is 1. The van der Waals surface area contributed by atoms with Gasteiger partial charge in [-0.2, -0.15) is 0 Å². The molecule has 0 radical (unpaired) electrons. The molecular weight excluding hydrogens is 318 g/mol. The first-order valence-corrected chi connectivity index (χ1v) is 9.14. The zero-order valence-electron chi connectivity index (χ0n) is 14.9. The van der Waals surface area contributed by atoms with Gasteiger partial charge in [0.15, 0.2) is 0 Å². The molecule has 1 N–H and O–H groups in total. The van der Waals surface area contributed by atoms with Crippen LogP contribution < -0.4 is 5.32 Å². The maximum atomic E-state index is 12.8. The first kappa shape index (κ1) is 17.5. The molecule has 2 aliphatic rings. The molecule has 6 heteroatoms. The van der Waals surface area contributed by atoms with E-state index in [-0.39, 0.29) is 23.9 Å². The van der Waals surface area contributed by atoms with Crippen molar-refractivity contribution in [1.29, 1.82) is 0 Å². The lowest BCUT2D eigenvalue weighted by Crippen LogP contribution is -2.40. The number of urea groups is 1. The second kappa shape index (κ2) is 7.25. The lowest BCUT2D eigenvalue weighted by atomic mass is 9.94. The second-order valence-corrected chi connectivity index (χ2v) is 6.63. The molecule has 6 nitrogen and oxygen atoms in total. The van der Waals surface area contributed by atoms with Crippen LogP contribution in [0.5, 0.6) is 0 Å². The summed E-state index contributed by atoms with van der Waals surface area (Å²) >= 11 is 0. The molecule has 4 amide bonds. The van der Waals surface area contributed by atoms with Crippen LogP contribution in [0.1, 0.15) is 66.7 Å². The summed E-state index contributed by atoms with van der Waals surface area (Å²) in [5, 5.41) is 2.81. The predicted octanol–water partition coefficient (Wildman–Crippen LogP) is 3.49. The summed E-state index contributed by atoms with van der Waals surface area (Å²) in [7, 11) is 0. The maximum Gasteiger partial charge on any atom is 0.321 e. The number of anilines is 1. The highest BCUT2D eigenvalue weighted by Gasteiger charge is 2.40. The fourth-order valence-electron chi connectivity index (χ4n) is 3.72. The molecule has 0 bridgehead atoms. The lowest BCUT2D eigenvalue weighted by Gasteiger charge is -2.29. The van der Waals surface area contributed by atoms with E-state index in [2.05, 4.69) is 5.32 Å². The van der Waals surface area contributed by atoms with Gasteiger partial charge in [-0.15, -0.1) is 0 Å². The van der Waals surface area contributed by atoms with Crippen LogP contribution in [0.4, 0.5) is 10.5 Å². The average Bonchev–Trinajstić information content (AvgIpc) is 2.87. The topological polar surface area (TPSA) is 69.7 Å². The molecule has 134 valence electrons. The van der Waals surface area contributed by atoms with Crippen molar-refractivity contribution in [3.05, 3.63) is 29.3 Å². The summed E-state index contributed by atoms with van der Waals surface area (Å²) in [4.78, 5) is 40.7. The molecule has 0 saturated heterocycles. The molecule has 1 aliphatic heterocycles. The van der Waals surface area contributed by atoms with E-state index in [1.807, 2.05) is 13.8 Å². The van der Waals surface area contributed by atoms with Crippen molar-refractivity contribution in [2.75, 3.05) is 18.4 Å². The van der Waals surface area contributed by atoms with Crippen LogP contribution in [0.3, 0.4) is 0 Å². The minimum absolute atomic E-state index is 0.00913.